The first-order valence-electron chi connectivity index (χ1n) is 25.2. The monoisotopic (exact) mass is 986 g/mol. The van der Waals surface area contributed by atoms with E-state index < -0.39 is 67.1 Å². The molecule has 17 heteroatoms. The van der Waals surface area contributed by atoms with Gasteiger partial charge in [0.2, 0.25) is 5.91 Å². The Kier molecular flexibility index (Phi) is 12.6. The summed E-state index contributed by atoms with van der Waals surface area (Å²) in [4.78, 5) is 43.3. The number of hydrogen-bond acceptors (Lipinski definition) is 14. The second kappa shape index (κ2) is 18.8. The first-order valence-corrected chi connectivity index (χ1v) is 25.2. The molecule has 1 saturated carbocycles. The zero-order chi connectivity index (χ0) is 50.2. The number of H-pyrrole nitrogens is 1. The standard InChI is InChI=1S/C55H62N4O13/c1-3-43-36-16-17-56-42(36)25-59(43)49-51-30(19-38-45(63)18-28(2)70-52(38)49)20-47(55(71-51)39-13-14-41(58-32-6-4-5-7-32)40(55)12-11-34(39)31-21-48(65)57-24-31)72-69-27-54(68,53(67)50(66)46(64)26-60)23-29-8-15-44(62)35-10-9-33(61)22-37(29)35/h8-19,22,25,31-32,34,39-41,46-47,50,53,56,58,60-62,64,66-68H,3-7,20-21,23-24,26-27H2,1-2H3,(H,57,65)/t31-,34+,39+,40+,41+,46+,47+,50+,53-,54-,55-/m0/s1. The van der Waals surface area contributed by atoms with Crippen LogP contribution in [0.3, 0.4) is 0 Å². The van der Waals surface area contributed by atoms with Crippen LogP contribution in [0.1, 0.15) is 61.6 Å². The molecule has 2 fully saturated rings. The van der Waals surface area contributed by atoms with Crippen molar-refractivity contribution in [2.24, 2.45) is 23.7 Å². The van der Waals surface area contributed by atoms with Gasteiger partial charge in [-0.1, -0.05) is 50.1 Å². The van der Waals surface area contributed by atoms with Crippen LogP contribution >= 0.6 is 0 Å². The number of rotatable bonds is 15. The maximum Gasteiger partial charge on any atom is 0.220 e. The highest BCUT2D eigenvalue weighted by molar-refractivity contribution is 5.93. The molecule has 6 aromatic rings. The lowest BCUT2D eigenvalue weighted by Gasteiger charge is -2.58. The van der Waals surface area contributed by atoms with Gasteiger partial charge < -0.3 is 65.1 Å². The molecule has 380 valence electrons. The minimum atomic E-state index is -2.45. The number of aliphatic hydroxyl groups is 5. The van der Waals surface area contributed by atoms with Gasteiger partial charge in [0.15, 0.2) is 22.4 Å². The summed E-state index contributed by atoms with van der Waals surface area (Å²) < 4.78 is 16.5. The molecule has 0 unspecified atom stereocenters. The van der Waals surface area contributed by atoms with Gasteiger partial charge in [-0.15, -0.1) is 0 Å². The minimum absolute atomic E-state index is 0.0475. The van der Waals surface area contributed by atoms with Gasteiger partial charge in [-0.05, 0) is 85.4 Å². The number of aromatic amines is 1. The first-order chi connectivity index (χ1) is 34.7. The van der Waals surface area contributed by atoms with Crippen molar-refractivity contribution < 1.29 is 59.5 Å². The maximum atomic E-state index is 14.1. The SMILES string of the molecule is CCc1c2cc[nH]c2cn1-c1c2c(cc3c(=O)cc(C)oc13)C[C@@H](OOC[C@@](O)(Cc1ccc(O)c3ccc(O)cc13)[C@@H](O)[C@H](O)[C@H](O)CO)[C@]1(O2)[C@@H]2C=C[C@@H](NC3CCCC3)[C@H]1C=C[C@@H]2[C@@H]1CNC(=O)C1. The number of amides is 1. The fraction of sp³-hybridized carbons (Fsp3) is 0.455. The highest BCUT2D eigenvalue weighted by atomic mass is 17.2. The largest absolute Gasteiger partial charge is 0.508 e. The third kappa shape index (κ3) is 8.10. The molecular formula is C55H62N4O13. The number of fused-ring (bicyclic) bond motifs is 4. The summed E-state index contributed by atoms with van der Waals surface area (Å²) in [5, 5.41) is 86.3. The van der Waals surface area contributed by atoms with Gasteiger partial charge in [-0.3, -0.25) is 9.59 Å². The van der Waals surface area contributed by atoms with Gasteiger partial charge >= 0.3 is 0 Å². The van der Waals surface area contributed by atoms with Crippen LogP contribution in [0.15, 0.2) is 94.4 Å². The van der Waals surface area contributed by atoms with Crippen molar-refractivity contribution in [2.45, 2.75) is 113 Å². The zero-order valence-corrected chi connectivity index (χ0v) is 40.2. The summed E-state index contributed by atoms with van der Waals surface area (Å²) in [7, 11) is 0. The predicted octanol–water partition coefficient (Wildman–Crippen LogP) is 4.56. The number of carbonyl (C=O) groups excluding carboxylic acids is 1. The average Bonchev–Trinajstić information content (AvgIpc) is 4.20. The first kappa shape index (κ1) is 48.3. The lowest BCUT2D eigenvalue weighted by Crippen LogP contribution is -2.69. The van der Waals surface area contributed by atoms with Gasteiger partial charge in [0, 0.05) is 90.2 Å². The topological polar surface area (TPSA) is 261 Å². The van der Waals surface area contributed by atoms with E-state index in [9.17, 15) is 45.3 Å². The molecule has 3 aromatic carbocycles. The van der Waals surface area contributed by atoms with Crippen LogP contribution in [0.4, 0.5) is 0 Å². The zero-order valence-electron chi connectivity index (χ0n) is 40.2. The van der Waals surface area contributed by atoms with Crippen LogP contribution in [0.25, 0.3) is 38.3 Å². The molecule has 11 rings (SSSR count). The highest BCUT2D eigenvalue weighted by Gasteiger charge is 2.64. The number of nitrogens with one attached hydrogen (secondary N) is 3. The Labute approximate surface area is 414 Å². The van der Waals surface area contributed by atoms with Crippen LogP contribution in [0, 0.1) is 30.6 Å². The van der Waals surface area contributed by atoms with Gasteiger partial charge in [0.1, 0.15) is 59.6 Å². The number of aromatic hydroxyl groups is 2. The van der Waals surface area contributed by atoms with E-state index in [0.717, 1.165) is 42.3 Å². The Bertz CT molecular complexity index is 3170. The summed E-state index contributed by atoms with van der Waals surface area (Å²) in [6.07, 6.45) is 10.3. The molecule has 2 bridgehead atoms. The van der Waals surface area contributed by atoms with Crippen molar-refractivity contribution >= 4 is 38.6 Å². The molecule has 5 heterocycles. The fourth-order valence-electron chi connectivity index (χ4n) is 12.7. The van der Waals surface area contributed by atoms with E-state index >= 15 is 0 Å². The number of ether oxygens (including phenoxy) is 1. The molecule has 5 aliphatic rings. The maximum absolute atomic E-state index is 14.1. The molecular weight excluding hydrogens is 925 g/mol. The molecule has 1 spiro atoms. The summed E-state index contributed by atoms with van der Waals surface area (Å²) in [6, 6.07) is 12.4. The summed E-state index contributed by atoms with van der Waals surface area (Å²) in [5.41, 5.74) is -0.313. The van der Waals surface area contributed by atoms with E-state index in [2.05, 4.69) is 46.8 Å². The summed E-state index contributed by atoms with van der Waals surface area (Å²) >= 11 is 0. The lowest BCUT2D eigenvalue weighted by molar-refractivity contribution is -0.380. The predicted molar refractivity (Wildman–Crippen MR) is 266 cm³/mol. The van der Waals surface area contributed by atoms with Crippen LogP contribution in [-0.2, 0) is 33.8 Å². The molecule has 3 aliphatic carbocycles. The summed E-state index contributed by atoms with van der Waals surface area (Å²) in [6.45, 7) is 2.53. The molecule has 3 aromatic heterocycles. The van der Waals surface area contributed by atoms with Gasteiger partial charge in [0.25, 0.3) is 0 Å². The van der Waals surface area contributed by atoms with Crippen molar-refractivity contribution in [2.75, 3.05) is 19.8 Å². The number of benzene rings is 3. The molecule has 17 nitrogen and oxygen atoms in total. The number of aryl methyl sites for hydroxylation is 2. The van der Waals surface area contributed by atoms with Crippen LogP contribution in [0.2, 0.25) is 0 Å². The number of nitrogens with zero attached hydrogens (tertiary/aromatic N) is 1. The quantitative estimate of drug-likeness (QED) is 0.0385. The number of phenols is 2. The second-order valence-corrected chi connectivity index (χ2v) is 20.7. The van der Waals surface area contributed by atoms with E-state index in [4.69, 9.17) is 18.9 Å². The molecule has 11 atom stereocenters. The van der Waals surface area contributed by atoms with Crippen molar-refractivity contribution in [3.63, 3.8) is 0 Å². The van der Waals surface area contributed by atoms with Gasteiger partial charge in [0.05, 0.1) is 17.5 Å². The number of hydrogen-bond donors (Lipinski definition) is 10. The Morgan fingerprint density at radius 3 is 2.51 bits per heavy atom. The Morgan fingerprint density at radius 1 is 0.944 bits per heavy atom. The van der Waals surface area contributed by atoms with Crippen LogP contribution in [0.5, 0.6) is 17.2 Å². The van der Waals surface area contributed by atoms with E-state index in [-0.39, 0.29) is 53.2 Å². The van der Waals surface area contributed by atoms with Gasteiger partial charge in [-0.25, -0.2) is 9.78 Å². The van der Waals surface area contributed by atoms with E-state index in [0.29, 0.717) is 69.5 Å². The van der Waals surface area contributed by atoms with Crippen LogP contribution in [-0.4, -0.2) is 119 Å². The average molecular weight is 987 g/mol. The molecule has 2 aliphatic heterocycles. The van der Waals surface area contributed by atoms with E-state index in [1.165, 1.54) is 36.4 Å². The molecule has 72 heavy (non-hydrogen) atoms. The molecule has 10 N–H and O–H groups in total. The molecule has 1 saturated heterocycles. The lowest BCUT2D eigenvalue weighted by atomic mass is 9.56. The number of allylic oxidation sites excluding steroid dienone is 1. The molecule has 0 radical (unpaired) electrons. The second-order valence-electron chi connectivity index (χ2n) is 20.7. The normalized spacial score (nSPS) is 27.1. The van der Waals surface area contributed by atoms with Crippen molar-refractivity contribution in [1.82, 2.24) is 20.2 Å². The van der Waals surface area contributed by atoms with Gasteiger partial charge in [-0.2, -0.15) is 0 Å². The minimum Gasteiger partial charge on any atom is -0.508 e. The van der Waals surface area contributed by atoms with Crippen molar-refractivity contribution in [3.8, 4) is 22.9 Å². The third-order valence-electron chi connectivity index (χ3n) is 16.3. The van der Waals surface area contributed by atoms with Crippen molar-refractivity contribution in [3.05, 3.63) is 118 Å². The Morgan fingerprint density at radius 2 is 1.75 bits per heavy atom. The van der Waals surface area contributed by atoms with E-state index in [1.807, 2.05) is 23.0 Å². The number of aromatic nitrogens is 2. The Hall–Kier alpha value is -6.02. The third-order valence-corrected chi connectivity index (χ3v) is 16.3. The number of aliphatic hydroxyl groups excluding tert-OH is 4. The van der Waals surface area contributed by atoms with E-state index in [1.54, 1.807) is 13.0 Å². The van der Waals surface area contributed by atoms with Crippen LogP contribution < -0.4 is 20.8 Å². The summed E-state index contributed by atoms with van der Waals surface area (Å²) in [5.74, 6) is -0.564. The number of phenolic OH excluding ortho intramolecular Hbond substituents is 2. The Balaban J connectivity index is 1.07. The molecule has 1 amide bonds. The van der Waals surface area contributed by atoms with Crippen molar-refractivity contribution in [1.29, 1.82) is 0 Å². The number of carbonyl (C=O) groups is 1. The smallest absolute Gasteiger partial charge is 0.220 e. The fourth-order valence-corrected chi connectivity index (χ4v) is 12.7. The highest BCUT2D eigenvalue weighted by Crippen LogP contribution is 2.57.